The zero-order chi connectivity index (χ0) is 16.4. The SMILES string of the molecule is O=C(O)[C@@H]1CCN1C(=O)Nc1cc(Cl)ccc1-c1ccccc1. The third-order valence-electron chi connectivity index (χ3n) is 3.87. The van der Waals surface area contributed by atoms with Crippen LogP contribution in [0.3, 0.4) is 0 Å². The van der Waals surface area contributed by atoms with E-state index in [4.69, 9.17) is 16.7 Å². The maximum absolute atomic E-state index is 12.3. The minimum Gasteiger partial charge on any atom is -0.480 e. The number of carboxylic acids is 1. The van der Waals surface area contributed by atoms with Crippen LogP contribution in [0.15, 0.2) is 48.5 Å². The highest BCUT2D eigenvalue weighted by atomic mass is 35.5. The number of hydrogen-bond donors (Lipinski definition) is 2. The van der Waals surface area contributed by atoms with Crippen molar-refractivity contribution in [3.63, 3.8) is 0 Å². The molecule has 0 aliphatic carbocycles. The summed E-state index contributed by atoms with van der Waals surface area (Å²) in [4.78, 5) is 24.7. The van der Waals surface area contributed by atoms with E-state index in [9.17, 15) is 9.59 Å². The number of nitrogens with one attached hydrogen (secondary N) is 1. The molecule has 6 heteroatoms. The van der Waals surface area contributed by atoms with Gasteiger partial charge in [-0.15, -0.1) is 0 Å². The Bertz CT molecular complexity index is 749. The van der Waals surface area contributed by atoms with E-state index in [-0.39, 0.29) is 0 Å². The van der Waals surface area contributed by atoms with Gasteiger partial charge in [-0.3, -0.25) is 0 Å². The molecule has 0 aromatic heterocycles. The van der Waals surface area contributed by atoms with Gasteiger partial charge in [0.15, 0.2) is 0 Å². The predicted octanol–water partition coefficient (Wildman–Crippen LogP) is 3.70. The topological polar surface area (TPSA) is 69.6 Å². The average Bonchev–Trinajstić information content (AvgIpc) is 2.46. The molecule has 0 bridgehead atoms. The first-order valence-electron chi connectivity index (χ1n) is 7.21. The number of aliphatic carboxylic acids is 1. The Hall–Kier alpha value is -2.53. The molecule has 0 spiro atoms. The number of benzene rings is 2. The van der Waals surface area contributed by atoms with Crippen molar-refractivity contribution >= 4 is 29.3 Å². The highest BCUT2D eigenvalue weighted by Crippen LogP contribution is 2.31. The van der Waals surface area contributed by atoms with Gasteiger partial charge < -0.3 is 15.3 Å². The van der Waals surface area contributed by atoms with E-state index in [2.05, 4.69) is 5.32 Å². The summed E-state index contributed by atoms with van der Waals surface area (Å²) < 4.78 is 0. The second kappa shape index (κ2) is 6.30. The molecule has 0 unspecified atom stereocenters. The first kappa shape index (κ1) is 15.4. The summed E-state index contributed by atoms with van der Waals surface area (Å²) in [5.74, 6) is -0.985. The summed E-state index contributed by atoms with van der Waals surface area (Å²) in [7, 11) is 0. The normalized spacial score (nSPS) is 16.6. The number of carboxylic acid groups (broad SMARTS) is 1. The minimum atomic E-state index is -0.985. The largest absolute Gasteiger partial charge is 0.480 e. The summed E-state index contributed by atoms with van der Waals surface area (Å²) in [5.41, 5.74) is 2.33. The fourth-order valence-electron chi connectivity index (χ4n) is 2.56. The smallest absolute Gasteiger partial charge is 0.326 e. The Balaban J connectivity index is 1.86. The molecule has 5 nitrogen and oxygen atoms in total. The highest BCUT2D eigenvalue weighted by molar-refractivity contribution is 6.31. The number of carbonyl (C=O) groups excluding carboxylic acids is 1. The highest BCUT2D eigenvalue weighted by Gasteiger charge is 2.37. The Labute approximate surface area is 138 Å². The van der Waals surface area contributed by atoms with E-state index in [0.717, 1.165) is 11.1 Å². The van der Waals surface area contributed by atoms with Gasteiger partial charge in [0.1, 0.15) is 6.04 Å². The first-order valence-corrected chi connectivity index (χ1v) is 7.59. The van der Waals surface area contributed by atoms with Crippen LogP contribution in [-0.4, -0.2) is 34.6 Å². The fourth-order valence-corrected chi connectivity index (χ4v) is 2.74. The van der Waals surface area contributed by atoms with Gasteiger partial charge in [0, 0.05) is 17.1 Å². The van der Waals surface area contributed by atoms with Gasteiger partial charge >= 0.3 is 12.0 Å². The molecule has 0 radical (unpaired) electrons. The molecule has 118 valence electrons. The van der Waals surface area contributed by atoms with Crippen LogP contribution < -0.4 is 5.32 Å². The third kappa shape index (κ3) is 3.14. The summed E-state index contributed by atoms with van der Waals surface area (Å²) >= 11 is 6.04. The Kier molecular flexibility index (Phi) is 4.21. The van der Waals surface area contributed by atoms with E-state index in [1.807, 2.05) is 36.4 Å². The lowest BCUT2D eigenvalue weighted by atomic mass is 10.0. The Morgan fingerprint density at radius 1 is 1.17 bits per heavy atom. The third-order valence-corrected chi connectivity index (χ3v) is 4.11. The standard InChI is InChI=1S/C17H15ClN2O3/c18-12-6-7-13(11-4-2-1-3-5-11)14(10-12)19-17(23)20-9-8-15(20)16(21)22/h1-7,10,15H,8-9H2,(H,19,23)(H,21,22)/t15-/m0/s1. The molecule has 0 saturated carbocycles. The molecular formula is C17H15ClN2O3. The molecule has 1 atom stereocenters. The summed E-state index contributed by atoms with van der Waals surface area (Å²) in [6.45, 7) is 0.435. The first-order chi connectivity index (χ1) is 11.1. The molecule has 1 fully saturated rings. The lowest BCUT2D eigenvalue weighted by Crippen LogP contribution is -2.56. The average molecular weight is 331 g/mol. The number of urea groups is 1. The molecule has 2 aromatic carbocycles. The fraction of sp³-hybridized carbons (Fsp3) is 0.176. The van der Waals surface area contributed by atoms with Gasteiger partial charge in [0.2, 0.25) is 0 Å². The summed E-state index contributed by atoms with van der Waals surface area (Å²) in [5, 5.41) is 12.3. The second-order valence-corrected chi connectivity index (χ2v) is 5.76. The Morgan fingerprint density at radius 3 is 2.52 bits per heavy atom. The zero-order valence-electron chi connectivity index (χ0n) is 12.2. The minimum absolute atomic E-state index is 0.428. The van der Waals surface area contributed by atoms with Crippen molar-refractivity contribution in [2.45, 2.75) is 12.5 Å². The van der Waals surface area contributed by atoms with Crippen LogP contribution in [0.1, 0.15) is 6.42 Å². The van der Waals surface area contributed by atoms with Crippen LogP contribution in [0, 0.1) is 0 Å². The molecule has 1 heterocycles. The van der Waals surface area contributed by atoms with Crippen LogP contribution in [0.2, 0.25) is 5.02 Å². The van der Waals surface area contributed by atoms with Crippen molar-refractivity contribution in [3.8, 4) is 11.1 Å². The molecule has 23 heavy (non-hydrogen) atoms. The second-order valence-electron chi connectivity index (χ2n) is 5.32. The number of halogens is 1. The number of hydrogen-bond acceptors (Lipinski definition) is 2. The van der Waals surface area contributed by atoms with Crippen molar-refractivity contribution in [1.29, 1.82) is 0 Å². The van der Waals surface area contributed by atoms with Crippen LogP contribution in [-0.2, 0) is 4.79 Å². The molecule has 3 rings (SSSR count). The van der Waals surface area contributed by atoms with Gasteiger partial charge in [-0.05, 0) is 24.1 Å². The van der Waals surface area contributed by atoms with Gasteiger partial charge in [-0.25, -0.2) is 9.59 Å². The number of rotatable bonds is 3. The van der Waals surface area contributed by atoms with Crippen LogP contribution in [0.5, 0.6) is 0 Å². The van der Waals surface area contributed by atoms with Gasteiger partial charge in [0.05, 0.1) is 5.69 Å². The number of anilines is 1. The zero-order valence-corrected chi connectivity index (χ0v) is 13.0. The lowest BCUT2D eigenvalue weighted by molar-refractivity contribution is -0.145. The van der Waals surface area contributed by atoms with E-state index < -0.39 is 18.0 Å². The summed E-state index contributed by atoms with van der Waals surface area (Å²) in [6.07, 6.45) is 0.476. The summed E-state index contributed by atoms with van der Waals surface area (Å²) in [6, 6.07) is 13.7. The van der Waals surface area contributed by atoms with Crippen LogP contribution in [0.25, 0.3) is 11.1 Å². The molecule has 2 N–H and O–H groups in total. The predicted molar refractivity (Wildman–Crippen MR) is 88.7 cm³/mol. The molecule has 2 amide bonds. The van der Waals surface area contributed by atoms with Crippen molar-refractivity contribution in [1.82, 2.24) is 4.90 Å². The van der Waals surface area contributed by atoms with Crippen molar-refractivity contribution in [2.24, 2.45) is 0 Å². The van der Waals surface area contributed by atoms with Gasteiger partial charge in [0.25, 0.3) is 0 Å². The van der Waals surface area contributed by atoms with Gasteiger partial charge in [-0.1, -0.05) is 48.0 Å². The molecule has 2 aromatic rings. The van der Waals surface area contributed by atoms with Crippen LogP contribution in [0.4, 0.5) is 10.5 Å². The number of amides is 2. The molecule has 1 aliphatic heterocycles. The lowest BCUT2D eigenvalue weighted by Gasteiger charge is -2.37. The van der Waals surface area contributed by atoms with Gasteiger partial charge in [-0.2, -0.15) is 0 Å². The number of nitrogens with zero attached hydrogens (tertiary/aromatic N) is 1. The quantitative estimate of drug-likeness (QED) is 0.901. The Morgan fingerprint density at radius 2 is 1.91 bits per heavy atom. The van der Waals surface area contributed by atoms with E-state index in [1.165, 1.54) is 4.90 Å². The van der Waals surface area contributed by atoms with Crippen molar-refractivity contribution < 1.29 is 14.7 Å². The van der Waals surface area contributed by atoms with Crippen molar-refractivity contribution in [3.05, 3.63) is 53.6 Å². The van der Waals surface area contributed by atoms with Crippen LogP contribution >= 0.6 is 11.6 Å². The number of carbonyl (C=O) groups is 2. The van der Waals surface area contributed by atoms with Crippen molar-refractivity contribution in [2.75, 3.05) is 11.9 Å². The molecular weight excluding hydrogens is 316 g/mol. The maximum atomic E-state index is 12.3. The monoisotopic (exact) mass is 330 g/mol. The van der Waals surface area contributed by atoms with E-state index in [1.54, 1.807) is 12.1 Å². The maximum Gasteiger partial charge on any atom is 0.326 e. The van der Waals surface area contributed by atoms with E-state index >= 15 is 0 Å². The molecule has 1 saturated heterocycles. The number of likely N-dealkylation sites (tertiary alicyclic amines) is 1. The molecule has 1 aliphatic rings. The van der Waals surface area contributed by atoms with E-state index in [0.29, 0.717) is 23.7 Å².